The molecule has 0 spiro atoms. The normalized spacial score (nSPS) is 15.1. The molecule has 3 nitrogen and oxygen atoms in total. The van der Waals surface area contributed by atoms with Crippen LogP contribution in [-0.2, 0) is 9.53 Å². The van der Waals surface area contributed by atoms with Crippen molar-refractivity contribution in [2.75, 3.05) is 0 Å². The summed E-state index contributed by atoms with van der Waals surface area (Å²) in [5.74, 6) is -0.0198. The Hall–Kier alpha value is -0.570. The van der Waals surface area contributed by atoms with Crippen LogP contribution >= 0.6 is 0 Å². The predicted molar refractivity (Wildman–Crippen MR) is 78.7 cm³/mol. The fourth-order valence-electron chi connectivity index (χ4n) is 1.97. The zero-order valence-corrected chi connectivity index (χ0v) is 13.4. The van der Waals surface area contributed by atoms with Gasteiger partial charge in [-0.2, -0.15) is 0 Å². The topological polar surface area (TPSA) is 46.5 Å². The minimum absolute atomic E-state index is 0.269. The Morgan fingerprint density at radius 2 is 1.74 bits per heavy atom. The summed E-state index contributed by atoms with van der Waals surface area (Å²) in [6.45, 7) is 9.92. The second kappa shape index (κ2) is 9.35. The molecule has 0 bridgehead atoms. The number of rotatable bonds is 10. The Kier molecular flexibility index (Phi) is 9.07. The van der Waals surface area contributed by atoms with Crippen LogP contribution in [0.5, 0.6) is 0 Å². The minimum atomic E-state index is -0.969. The van der Waals surface area contributed by atoms with E-state index in [1.807, 2.05) is 13.8 Å². The van der Waals surface area contributed by atoms with Crippen LogP contribution < -0.4 is 0 Å². The van der Waals surface area contributed by atoms with E-state index < -0.39 is 11.7 Å². The molecule has 0 aromatic carbocycles. The Morgan fingerprint density at radius 3 is 2.26 bits per heavy atom. The summed E-state index contributed by atoms with van der Waals surface area (Å²) in [7, 11) is 0. The zero-order valence-electron chi connectivity index (χ0n) is 13.4. The van der Waals surface area contributed by atoms with Crippen molar-refractivity contribution in [2.24, 2.45) is 11.3 Å². The quantitative estimate of drug-likeness (QED) is 0.367. The molecule has 0 aromatic heterocycles. The number of unbranched alkanes of at least 4 members (excludes halogenated alkanes) is 4. The maximum absolute atomic E-state index is 12.0. The van der Waals surface area contributed by atoms with Gasteiger partial charge in [-0.1, -0.05) is 52.9 Å². The van der Waals surface area contributed by atoms with Crippen molar-refractivity contribution in [3.05, 3.63) is 0 Å². The first-order valence-electron chi connectivity index (χ1n) is 7.75. The van der Waals surface area contributed by atoms with Gasteiger partial charge in [-0.3, -0.25) is 4.79 Å². The van der Waals surface area contributed by atoms with E-state index in [0.29, 0.717) is 6.42 Å². The summed E-state index contributed by atoms with van der Waals surface area (Å²) in [5.41, 5.74) is -0.527. The monoisotopic (exact) mass is 272 g/mol. The molecule has 0 heterocycles. The lowest BCUT2D eigenvalue weighted by Gasteiger charge is -2.30. The molecule has 0 aliphatic carbocycles. The number of hydrogen-bond donors (Lipinski definition) is 1. The first-order valence-corrected chi connectivity index (χ1v) is 7.75. The van der Waals surface area contributed by atoms with Gasteiger partial charge in [0.05, 0.1) is 5.41 Å². The smallest absolute Gasteiger partial charge is 0.314 e. The molecular weight excluding hydrogens is 240 g/mol. The van der Waals surface area contributed by atoms with Gasteiger partial charge in [-0.25, -0.2) is 0 Å². The predicted octanol–water partition coefficient (Wildman–Crippen LogP) is 4.28. The van der Waals surface area contributed by atoms with Gasteiger partial charge >= 0.3 is 5.97 Å². The Bertz CT molecular complexity index is 248. The number of ether oxygens (including phenoxy) is 1. The molecule has 114 valence electrons. The highest BCUT2D eigenvalue weighted by Crippen LogP contribution is 2.32. The van der Waals surface area contributed by atoms with Crippen molar-refractivity contribution in [1.29, 1.82) is 0 Å². The molecule has 0 amide bonds. The van der Waals surface area contributed by atoms with Gasteiger partial charge in [0.2, 0.25) is 0 Å². The van der Waals surface area contributed by atoms with Crippen LogP contribution in [0.4, 0.5) is 0 Å². The highest BCUT2D eigenvalue weighted by atomic mass is 16.6. The first-order chi connectivity index (χ1) is 8.86. The number of aliphatic hydroxyl groups is 1. The average molecular weight is 272 g/mol. The van der Waals surface area contributed by atoms with Crippen LogP contribution in [0.25, 0.3) is 0 Å². The zero-order chi connectivity index (χ0) is 14.9. The van der Waals surface area contributed by atoms with Crippen LogP contribution in [0.15, 0.2) is 0 Å². The van der Waals surface area contributed by atoms with E-state index in [1.165, 1.54) is 25.7 Å². The SMILES string of the molecule is CCCCCCCC(C)C(C)(C)C(=O)OC(O)CC. The summed E-state index contributed by atoms with van der Waals surface area (Å²) < 4.78 is 5.05. The lowest BCUT2D eigenvalue weighted by molar-refractivity contribution is -0.181. The van der Waals surface area contributed by atoms with Gasteiger partial charge in [-0.15, -0.1) is 0 Å². The van der Waals surface area contributed by atoms with E-state index >= 15 is 0 Å². The highest BCUT2D eigenvalue weighted by Gasteiger charge is 2.36. The molecule has 0 radical (unpaired) electrons. The standard InChI is InChI=1S/C16H32O3/c1-6-8-9-10-11-12-13(3)16(4,5)15(18)19-14(17)7-2/h13-14,17H,6-12H2,1-5H3. The summed E-state index contributed by atoms with van der Waals surface area (Å²) in [6, 6.07) is 0. The summed E-state index contributed by atoms with van der Waals surface area (Å²) in [4.78, 5) is 12.0. The summed E-state index contributed by atoms with van der Waals surface area (Å²) >= 11 is 0. The van der Waals surface area contributed by atoms with Gasteiger partial charge in [0.15, 0.2) is 6.29 Å². The fourth-order valence-corrected chi connectivity index (χ4v) is 1.97. The molecule has 0 saturated carbocycles. The van der Waals surface area contributed by atoms with Crippen molar-refractivity contribution in [2.45, 2.75) is 85.9 Å². The molecule has 2 atom stereocenters. The van der Waals surface area contributed by atoms with E-state index in [-0.39, 0.29) is 11.9 Å². The summed E-state index contributed by atoms with van der Waals surface area (Å²) in [6.07, 6.45) is 6.73. The van der Waals surface area contributed by atoms with Crippen molar-refractivity contribution in [1.82, 2.24) is 0 Å². The average Bonchev–Trinajstić information content (AvgIpc) is 2.37. The van der Waals surface area contributed by atoms with Gasteiger partial charge < -0.3 is 9.84 Å². The molecule has 1 N–H and O–H groups in total. The Morgan fingerprint density at radius 1 is 1.16 bits per heavy atom. The fraction of sp³-hybridized carbons (Fsp3) is 0.938. The van der Waals surface area contributed by atoms with Crippen molar-refractivity contribution in [3.63, 3.8) is 0 Å². The van der Waals surface area contributed by atoms with Crippen LogP contribution in [0.2, 0.25) is 0 Å². The van der Waals surface area contributed by atoms with E-state index in [4.69, 9.17) is 4.74 Å². The van der Waals surface area contributed by atoms with Gasteiger partial charge in [0, 0.05) is 6.42 Å². The third kappa shape index (κ3) is 6.95. The third-order valence-corrected chi connectivity index (χ3v) is 4.09. The van der Waals surface area contributed by atoms with Crippen LogP contribution in [0.3, 0.4) is 0 Å². The maximum atomic E-state index is 12.0. The van der Waals surface area contributed by atoms with Crippen molar-refractivity contribution >= 4 is 5.97 Å². The molecule has 3 heteroatoms. The molecule has 0 aromatic rings. The van der Waals surface area contributed by atoms with E-state index in [0.717, 1.165) is 12.8 Å². The lowest BCUT2D eigenvalue weighted by Crippen LogP contribution is -2.35. The lowest BCUT2D eigenvalue weighted by atomic mass is 9.77. The Balaban J connectivity index is 4.11. The number of esters is 1. The van der Waals surface area contributed by atoms with Crippen molar-refractivity contribution < 1.29 is 14.6 Å². The molecule has 0 fully saturated rings. The molecule has 0 aliphatic rings. The minimum Gasteiger partial charge on any atom is -0.436 e. The number of hydrogen-bond acceptors (Lipinski definition) is 3. The molecule has 2 unspecified atom stereocenters. The number of carbonyl (C=O) groups is 1. The van der Waals surface area contributed by atoms with Gasteiger partial charge in [-0.05, 0) is 26.2 Å². The molecule has 0 rings (SSSR count). The van der Waals surface area contributed by atoms with Crippen LogP contribution in [0.1, 0.15) is 79.6 Å². The van der Waals surface area contributed by atoms with Gasteiger partial charge in [0.1, 0.15) is 0 Å². The molecule has 0 aliphatic heterocycles. The second-order valence-corrected chi connectivity index (χ2v) is 6.09. The largest absolute Gasteiger partial charge is 0.436 e. The number of carbonyl (C=O) groups excluding carboxylic acids is 1. The summed E-state index contributed by atoms with van der Waals surface area (Å²) in [5, 5.41) is 9.40. The maximum Gasteiger partial charge on any atom is 0.314 e. The third-order valence-electron chi connectivity index (χ3n) is 4.09. The molecular formula is C16H32O3. The van der Waals surface area contributed by atoms with Crippen LogP contribution in [-0.4, -0.2) is 17.4 Å². The van der Waals surface area contributed by atoms with E-state index in [2.05, 4.69) is 13.8 Å². The molecule has 0 saturated heterocycles. The van der Waals surface area contributed by atoms with Crippen molar-refractivity contribution in [3.8, 4) is 0 Å². The highest BCUT2D eigenvalue weighted by molar-refractivity contribution is 5.76. The first kappa shape index (κ1) is 18.4. The van der Waals surface area contributed by atoms with E-state index in [9.17, 15) is 9.90 Å². The molecule has 19 heavy (non-hydrogen) atoms. The Labute approximate surface area is 118 Å². The second-order valence-electron chi connectivity index (χ2n) is 6.09. The van der Waals surface area contributed by atoms with Crippen LogP contribution in [0, 0.1) is 11.3 Å². The van der Waals surface area contributed by atoms with E-state index in [1.54, 1.807) is 6.92 Å². The van der Waals surface area contributed by atoms with Gasteiger partial charge in [0.25, 0.3) is 0 Å². The number of aliphatic hydroxyl groups excluding tert-OH is 1.